The number of hydrogen-bond donors (Lipinski definition) is 3. The van der Waals surface area contributed by atoms with Crippen molar-refractivity contribution in [1.29, 1.82) is 0 Å². The first kappa shape index (κ1) is 13.7. The van der Waals surface area contributed by atoms with Crippen molar-refractivity contribution in [2.24, 2.45) is 11.8 Å². The molecular formula is C11H21N5O. The van der Waals surface area contributed by atoms with E-state index in [4.69, 9.17) is 10.6 Å². The van der Waals surface area contributed by atoms with Crippen LogP contribution in [0.5, 0.6) is 0 Å². The second-order valence-electron chi connectivity index (χ2n) is 4.23. The summed E-state index contributed by atoms with van der Waals surface area (Å²) >= 11 is 0. The molecule has 0 saturated heterocycles. The van der Waals surface area contributed by atoms with Crippen molar-refractivity contribution < 1.29 is 4.74 Å². The first-order valence-corrected chi connectivity index (χ1v) is 5.75. The zero-order chi connectivity index (χ0) is 12.7. The quantitative estimate of drug-likeness (QED) is 0.376. The Morgan fingerprint density at radius 1 is 1.35 bits per heavy atom. The number of nitrogens with one attached hydrogen (secondary N) is 2. The van der Waals surface area contributed by atoms with Gasteiger partial charge in [-0.15, -0.1) is 0 Å². The Hall–Kier alpha value is -1.40. The maximum atomic E-state index is 5.46. The summed E-state index contributed by atoms with van der Waals surface area (Å²) in [7, 11) is 0. The van der Waals surface area contributed by atoms with Gasteiger partial charge in [0, 0.05) is 19.2 Å². The highest BCUT2D eigenvalue weighted by molar-refractivity contribution is 5.46. The van der Waals surface area contributed by atoms with E-state index in [1.54, 1.807) is 6.07 Å². The van der Waals surface area contributed by atoms with Gasteiger partial charge in [0.2, 0.25) is 0 Å². The van der Waals surface area contributed by atoms with Gasteiger partial charge in [0.05, 0.1) is 6.61 Å². The van der Waals surface area contributed by atoms with Crippen molar-refractivity contribution in [3.8, 4) is 0 Å². The Morgan fingerprint density at radius 3 is 2.71 bits per heavy atom. The van der Waals surface area contributed by atoms with Crippen LogP contribution in [0.15, 0.2) is 6.07 Å². The molecule has 0 spiro atoms. The lowest BCUT2D eigenvalue weighted by Crippen LogP contribution is -2.15. The van der Waals surface area contributed by atoms with Crippen LogP contribution in [0.2, 0.25) is 0 Å². The molecule has 0 radical (unpaired) electrons. The van der Waals surface area contributed by atoms with Crippen LogP contribution in [0.25, 0.3) is 0 Å². The molecule has 0 amide bonds. The molecule has 4 N–H and O–H groups in total. The van der Waals surface area contributed by atoms with Gasteiger partial charge in [-0.2, -0.15) is 0 Å². The SMILES string of the molecule is Cc1nc(NN)cc(NCCOCC(C)C)n1. The second kappa shape index (κ2) is 7.03. The lowest BCUT2D eigenvalue weighted by Gasteiger charge is -2.09. The third-order valence-corrected chi connectivity index (χ3v) is 1.99. The number of ether oxygens (including phenoxy) is 1. The molecule has 96 valence electrons. The lowest BCUT2D eigenvalue weighted by molar-refractivity contribution is 0.118. The molecule has 1 heterocycles. The minimum atomic E-state index is 0.560. The van der Waals surface area contributed by atoms with E-state index in [1.165, 1.54) is 0 Å². The van der Waals surface area contributed by atoms with Crippen molar-refractivity contribution in [3.05, 3.63) is 11.9 Å². The smallest absolute Gasteiger partial charge is 0.145 e. The highest BCUT2D eigenvalue weighted by Crippen LogP contribution is 2.09. The summed E-state index contributed by atoms with van der Waals surface area (Å²) in [6.07, 6.45) is 0. The fraction of sp³-hybridized carbons (Fsp3) is 0.636. The van der Waals surface area contributed by atoms with Crippen LogP contribution >= 0.6 is 0 Å². The Kier molecular flexibility index (Phi) is 5.65. The average molecular weight is 239 g/mol. The summed E-state index contributed by atoms with van der Waals surface area (Å²) in [6.45, 7) is 8.22. The van der Waals surface area contributed by atoms with Crippen LogP contribution in [0.1, 0.15) is 19.7 Å². The summed E-state index contributed by atoms with van der Waals surface area (Å²) < 4.78 is 5.46. The van der Waals surface area contributed by atoms with Crippen LogP contribution in [0, 0.1) is 12.8 Å². The van der Waals surface area contributed by atoms with Crippen molar-refractivity contribution in [3.63, 3.8) is 0 Å². The number of hydrogen-bond acceptors (Lipinski definition) is 6. The monoisotopic (exact) mass is 239 g/mol. The molecular weight excluding hydrogens is 218 g/mol. The largest absolute Gasteiger partial charge is 0.379 e. The maximum Gasteiger partial charge on any atom is 0.145 e. The van der Waals surface area contributed by atoms with Crippen LogP contribution in [-0.4, -0.2) is 29.7 Å². The summed E-state index contributed by atoms with van der Waals surface area (Å²) in [5.74, 6) is 7.89. The van der Waals surface area contributed by atoms with Gasteiger partial charge < -0.3 is 15.5 Å². The van der Waals surface area contributed by atoms with Gasteiger partial charge in [0.25, 0.3) is 0 Å². The van der Waals surface area contributed by atoms with Crippen molar-refractivity contribution >= 4 is 11.6 Å². The lowest BCUT2D eigenvalue weighted by atomic mass is 10.2. The number of rotatable bonds is 7. The normalized spacial score (nSPS) is 10.6. The fourth-order valence-electron chi connectivity index (χ4n) is 1.30. The van der Waals surface area contributed by atoms with Gasteiger partial charge in [0.1, 0.15) is 17.5 Å². The van der Waals surface area contributed by atoms with E-state index in [1.807, 2.05) is 6.92 Å². The molecule has 17 heavy (non-hydrogen) atoms. The topological polar surface area (TPSA) is 85.1 Å². The van der Waals surface area contributed by atoms with Crippen molar-refractivity contribution in [1.82, 2.24) is 9.97 Å². The van der Waals surface area contributed by atoms with E-state index in [0.717, 1.165) is 12.4 Å². The fourth-order valence-corrected chi connectivity index (χ4v) is 1.30. The molecule has 1 aromatic rings. The minimum Gasteiger partial charge on any atom is -0.379 e. The minimum absolute atomic E-state index is 0.560. The third kappa shape index (κ3) is 5.46. The average Bonchev–Trinajstić information content (AvgIpc) is 2.27. The molecule has 0 atom stereocenters. The number of aryl methyl sites for hydroxylation is 1. The molecule has 0 fully saturated rings. The van der Waals surface area contributed by atoms with E-state index < -0.39 is 0 Å². The first-order valence-electron chi connectivity index (χ1n) is 5.75. The van der Waals surface area contributed by atoms with E-state index in [9.17, 15) is 0 Å². The highest BCUT2D eigenvalue weighted by atomic mass is 16.5. The molecule has 0 saturated carbocycles. The Labute approximate surface area is 102 Å². The van der Waals surface area contributed by atoms with Crippen molar-refractivity contribution in [2.75, 3.05) is 30.5 Å². The third-order valence-electron chi connectivity index (χ3n) is 1.99. The van der Waals surface area contributed by atoms with E-state index >= 15 is 0 Å². The first-order chi connectivity index (χ1) is 8.11. The molecule has 0 aromatic carbocycles. The molecule has 6 nitrogen and oxygen atoms in total. The summed E-state index contributed by atoms with van der Waals surface area (Å²) in [5.41, 5.74) is 2.50. The van der Waals surface area contributed by atoms with Gasteiger partial charge in [-0.1, -0.05) is 13.8 Å². The van der Waals surface area contributed by atoms with E-state index in [2.05, 4.69) is 34.6 Å². The number of nitrogen functional groups attached to an aromatic ring is 1. The zero-order valence-electron chi connectivity index (χ0n) is 10.7. The number of aromatic nitrogens is 2. The highest BCUT2D eigenvalue weighted by Gasteiger charge is 2.00. The molecule has 0 aliphatic rings. The Morgan fingerprint density at radius 2 is 2.06 bits per heavy atom. The van der Waals surface area contributed by atoms with Gasteiger partial charge in [0.15, 0.2) is 0 Å². The molecule has 0 aliphatic heterocycles. The van der Waals surface area contributed by atoms with Gasteiger partial charge in [-0.3, -0.25) is 0 Å². The van der Waals surface area contributed by atoms with Gasteiger partial charge >= 0.3 is 0 Å². The van der Waals surface area contributed by atoms with Crippen molar-refractivity contribution in [2.45, 2.75) is 20.8 Å². The van der Waals surface area contributed by atoms with Crippen LogP contribution in [0.3, 0.4) is 0 Å². The summed E-state index contributed by atoms with van der Waals surface area (Å²) in [5, 5.41) is 3.16. The molecule has 6 heteroatoms. The molecule has 0 aliphatic carbocycles. The van der Waals surface area contributed by atoms with Crippen LogP contribution < -0.4 is 16.6 Å². The summed E-state index contributed by atoms with van der Waals surface area (Å²) in [6, 6.07) is 1.76. The standard InChI is InChI=1S/C11H21N5O/c1-8(2)7-17-5-4-13-10-6-11(16-12)15-9(3)14-10/h6,8H,4-5,7,12H2,1-3H3,(H2,13,14,15,16). The van der Waals surface area contributed by atoms with Gasteiger partial charge in [-0.25, -0.2) is 15.8 Å². The Balaban J connectivity index is 2.33. The molecule has 1 aromatic heterocycles. The maximum absolute atomic E-state index is 5.46. The molecule has 0 bridgehead atoms. The summed E-state index contributed by atoms with van der Waals surface area (Å²) in [4.78, 5) is 8.34. The predicted octanol–water partition coefficient (Wildman–Crippen LogP) is 1.16. The number of nitrogens with two attached hydrogens (primary N) is 1. The van der Waals surface area contributed by atoms with E-state index in [-0.39, 0.29) is 0 Å². The van der Waals surface area contributed by atoms with Gasteiger partial charge in [-0.05, 0) is 12.8 Å². The predicted molar refractivity (Wildman–Crippen MR) is 68.7 cm³/mol. The van der Waals surface area contributed by atoms with Crippen LogP contribution in [-0.2, 0) is 4.74 Å². The molecule has 0 unspecified atom stereocenters. The zero-order valence-corrected chi connectivity index (χ0v) is 10.7. The Bertz CT molecular complexity index is 343. The second-order valence-corrected chi connectivity index (χ2v) is 4.23. The van der Waals surface area contributed by atoms with Crippen LogP contribution in [0.4, 0.5) is 11.6 Å². The van der Waals surface area contributed by atoms with E-state index in [0.29, 0.717) is 30.7 Å². The number of hydrazine groups is 1. The molecule has 1 rings (SSSR count). The number of nitrogens with zero attached hydrogens (tertiary/aromatic N) is 2. The number of anilines is 2.